The Bertz CT molecular complexity index is 611. The standard InChI is InChI=1S/C16H16BrN3O/c17-13-6-4-12(5-7-13)15(11-2-1-3-11)20-16(21)14-10-18-8-9-19-14/h4-11,15H,1-3H2,(H,20,21)/t15-/m0/s1. The van der Waals surface area contributed by atoms with E-state index in [9.17, 15) is 4.79 Å². The third-order valence-electron chi connectivity index (χ3n) is 3.93. The van der Waals surface area contributed by atoms with Gasteiger partial charge in [-0.15, -0.1) is 0 Å². The molecule has 1 aliphatic carbocycles. The van der Waals surface area contributed by atoms with Gasteiger partial charge in [0.15, 0.2) is 0 Å². The maximum Gasteiger partial charge on any atom is 0.271 e. The number of nitrogens with zero attached hydrogens (tertiary/aromatic N) is 2. The largest absolute Gasteiger partial charge is 0.344 e. The van der Waals surface area contributed by atoms with Crippen molar-refractivity contribution in [2.24, 2.45) is 5.92 Å². The number of aromatic nitrogens is 2. The lowest BCUT2D eigenvalue weighted by molar-refractivity contribution is 0.0895. The average molecular weight is 346 g/mol. The second-order valence-electron chi connectivity index (χ2n) is 5.28. The van der Waals surface area contributed by atoms with E-state index in [4.69, 9.17) is 0 Å². The summed E-state index contributed by atoms with van der Waals surface area (Å²) in [6.45, 7) is 0. The van der Waals surface area contributed by atoms with E-state index in [0.29, 0.717) is 11.6 Å². The fourth-order valence-electron chi connectivity index (χ4n) is 2.55. The highest BCUT2D eigenvalue weighted by Gasteiger charge is 2.30. The number of halogens is 1. The van der Waals surface area contributed by atoms with Crippen LogP contribution in [0.4, 0.5) is 0 Å². The maximum absolute atomic E-state index is 12.3. The summed E-state index contributed by atoms with van der Waals surface area (Å²) in [5.41, 5.74) is 1.50. The van der Waals surface area contributed by atoms with Gasteiger partial charge in [0.2, 0.25) is 0 Å². The molecule has 1 aromatic heterocycles. The van der Waals surface area contributed by atoms with E-state index in [0.717, 1.165) is 22.9 Å². The van der Waals surface area contributed by atoms with Gasteiger partial charge in [-0.05, 0) is 36.5 Å². The van der Waals surface area contributed by atoms with Crippen LogP contribution in [0.2, 0.25) is 0 Å². The summed E-state index contributed by atoms with van der Waals surface area (Å²) in [4.78, 5) is 20.3. The molecule has 5 heteroatoms. The predicted molar refractivity (Wildman–Crippen MR) is 83.7 cm³/mol. The highest BCUT2D eigenvalue weighted by molar-refractivity contribution is 9.10. The van der Waals surface area contributed by atoms with Crippen molar-refractivity contribution in [3.05, 3.63) is 58.6 Å². The number of carbonyl (C=O) groups excluding carboxylic acids is 1. The SMILES string of the molecule is O=C(N[C@H](c1ccc(Br)cc1)C1CCC1)c1cnccn1. The Kier molecular flexibility index (Phi) is 4.29. The third-order valence-corrected chi connectivity index (χ3v) is 4.46. The van der Waals surface area contributed by atoms with Crippen LogP contribution in [-0.2, 0) is 0 Å². The lowest BCUT2D eigenvalue weighted by atomic mass is 9.77. The Morgan fingerprint density at radius 1 is 1.24 bits per heavy atom. The summed E-state index contributed by atoms with van der Waals surface area (Å²) in [6.07, 6.45) is 8.14. The van der Waals surface area contributed by atoms with Crippen molar-refractivity contribution in [1.29, 1.82) is 0 Å². The van der Waals surface area contributed by atoms with Gasteiger partial charge in [0.05, 0.1) is 12.2 Å². The zero-order valence-corrected chi connectivity index (χ0v) is 13.1. The van der Waals surface area contributed by atoms with E-state index in [1.807, 2.05) is 12.1 Å². The summed E-state index contributed by atoms with van der Waals surface area (Å²) >= 11 is 3.44. The zero-order chi connectivity index (χ0) is 14.7. The van der Waals surface area contributed by atoms with Gasteiger partial charge < -0.3 is 5.32 Å². The minimum atomic E-state index is -0.164. The molecule has 1 fully saturated rings. The molecule has 0 aliphatic heterocycles. The number of rotatable bonds is 4. The zero-order valence-electron chi connectivity index (χ0n) is 11.5. The van der Waals surface area contributed by atoms with Crippen LogP contribution >= 0.6 is 15.9 Å². The molecular weight excluding hydrogens is 330 g/mol. The molecule has 0 bridgehead atoms. The second-order valence-corrected chi connectivity index (χ2v) is 6.20. The first kappa shape index (κ1) is 14.2. The van der Waals surface area contributed by atoms with Crippen LogP contribution in [0.15, 0.2) is 47.3 Å². The van der Waals surface area contributed by atoms with Crippen LogP contribution in [-0.4, -0.2) is 15.9 Å². The monoisotopic (exact) mass is 345 g/mol. The molecule has 21 heavy (non-hydrogen) atoms. The van der Waals surface area contributed by atoms with Crippen molar-refractivity contribution >= 4 is 21.8 Å². The van der Waals surface area contributed by atoms with Gasteiger partial charge in [0, 0.05) is 16.9 Å². The highest BCUT2D eigenvalue weighted by Crippen LogP contribution is 2.38. The summed E-state index contributed by atoms with van der Waals surface area (Å²) < 4.78 is 1.04. The van der Waals surface area contributed by atoms with Crippen molar-refractivity contribution in [3.63, 3.8) is 0 Å². The Hall–Kier alpha value is -1.75. The Labute approximate surface area is 132 Å². The smallest absolute Gasteiger partial charge is 0.271 e. The third kappa shape index (κ3) is 3.29. The van der Waals surface area contributed by atoms with E-state index in [1.54, 1.807) is 6.20 Å². The molecule has 1 atom stereocenters. The first-order chi connectivity index (χ1) is 10.2. The number of hydrogen-bond acceptors (Lipinski definition) is 3. The molecule has 1 saturated carbocycles. The first-order valence-electron chi connectivity index (χ1n) is 7.06. The molecule has 0 unspecified atom stereocenters. The van der Waals surface area contributed by atoms with E-state index in [1.165, 1.54) is 18.8 Å². The molecule has 0 saturated heterocycles. The maximum atomic E-state index is 12.3. The molecule has 1 amide bonds. The fourth-order valence-corrected chi connectivity index (χ4v) is 2.81. The van der Waals surface area contributed by atoms with Gasteiger partial charge in [-0.25, -0.2) is 4.98 Å². The molecule has 1 N–H and O–H groups in total. The summed E-state index contributed by atoms with van der Waals surface area (Å²) in [6, 6.07) is 8.18. The highest BCUT2D eigenvalue weighted by atomic mass is 79.9. The number of hydrogen-bond donors (Lipinski definition) is 1. The van der Waals surface area contributed by atoms with Gasteiger partial charge in [-0.3, -0.25) is 9.78 Å². The fraction of sp³-hybridized carbons (Fsp3) is 0.312. The second kappa shape index (κ2) is 6.35. The molecule has 0 radical (unpaired) electrons. The molecule has 1 heterocycles. The van der Waals surface area contributed by atoms with Crippen LogP contribution in [0.1, 0.15) is 41.4 Å². The Morgan fingerprint density at radius 2 is 2.00 bits per heavy atom. The number of carbonyl (C=O) groups is 1. The Morgan fingerprint density at radius 3 is 2.57 bits per heavy atom. The van der Waals surface area contributed by atoms with Crippen molar-refractivity contribution in [1.82, 2.24) is 15.3 Å². The van der Waals surface area contributed by atoms with Gasteiger partial charge in [-0.1, -0.05) is 34.5 Å². The molecule has 1 aliphatic rings. The number of amides is 1. The number of benzene rings is 1. The van der Waals surface area contributed by atoms with Gasteiger partial charge in [0.25, 0.3) is 5.91 Å². The molecule has 4 nitrogen and oxygen atoms in total. The Balaban J connectivity index is 1.80. The molecular formula is C16H16BrN3O. The van der Waals surface area contributed by atoms with E-state index in [2.05, 4.69) is 43.3 Å². The predicted octanol–water partition coefficient (Wildman–Crippen LogP) is 3.51. The quantitative estimate of drug-likeness (QED) is 0.922. The summed E-state index contributed by atoms with van der Waals surface area (Å²) in [7, 11) is 0. The van der Waals surface area contributed by atoms with Crippen LogP contribution < -0.4 is 5.32 Å². The lowest BCUT2D eigenvalue weighted by Gasteiger charge is -2.34. The molecule has 0 spiro atoms. The normalized spacial score (nSPS) is 16.0. The summed E-state index contributed by atoms with van der Waals surface area (Å²) in [5.74, 6) is 0.342. The lowest BCUT2D eigenvalue weighted by Crippen LogP contribution is -2.36. The van der Waals surface area contributed by atoms with E-state index in [-0.39, 0.29) is 11.9 Å². The topological polar surface area (TPSA) is 54.9 Å². The van der Waals surface area contributed by atoms with Gasteiger partial charge in [0.1, 0.15) is 5.69 Å². The van der Waals surface area contributed by atoms with E-state index >= 15 is 0 Å². The van der Waals surface area contributed by atoms with Crippen molar-refractivity contribution in [2.45, 2.75) is 25.3 Å². The van der Waals surface area contributed by atoms with Crippen LogP contribution in [0.3, 0.4) is 0 Å². The number of nitrogens with one attached hydrogen (secondary N) is 1. The van der Waals surface area contributed by atoms with E-state index < -0.39 is 0 Å². The first-order valence-corrected chi connectivity index (χ1v) is 7.85. The van der Waals surface area contributed by atoms with Gasteiger partial charge >= 0.3 is 0 Å². The van der Waals surface area contributed by atoms with Crippen LogP contribution in [0.25, 0.3) is 0 Å². The molecule has 3 rings (SSSR count). The van der Waals surface area contributed by atoms with Gasteiger partial charge in [-0.2, -0.15) is 0 Å². The molecule has 2 aromatic rings. The van der Waals surface area contributed by atoms with Crippen LogP contribution in [0.5, 0.6) is 0 Å². The van der Waals surface area contributed by atoms with Crippen LogP contribution in [0, 0.1) is 5.92 Å². The average Bonchev–Trinajstić information content (AvgIpc) is 2.46. The minimum Gasteiger partial charge on any atom is -0.344 e. The minimum absolute atomic E-state index is 0.0429. The van der Waals surface area contributed by atoms with Crippen molar-refractivity contribution in [2.75, 3.05) is 0 Å². The molecule has 108 valence electrons. The summed E-state index contributed by atoms with van der Waals surface area (Å²) in [5, 5.41) is 3.11. The van der Waals surface area contributed by atoms with Crippen molar-refractivity contribution in [3.8, 4) is 0 Å². The van der Waals surface area contributed by atoms with Crippen molar-refractivity contribution < 1.29 is 4.79 Å². The molecule has 1 aromatic carbocycles.